The van der Waals surface area contributed by atoms with E-state index in [0.717, 1.165) is 0 Å². The Balaban J connectivity index is -0.000000463. The van der Waals surface area contributed by atoms with Gasteiger partial charge in [0.25, 0.3) is 0 Å². The summed E-state index contributed by atoms with van der Waals surface area (Å²) >= 11 is 0. The van der Waals surface area contributed by atoms with E-state index < -0.39 is 34.6 Å². The Labute approximate surface area is 439 Å². The maximum absolute atomic E-state index is 12.8. The smallest absolute Gasteiger partial charge is 0.851 e. The molecule has 0 saturated carbocycles. The van der Waals surface area contributed by atoms with Gasteiger partial charge in [-0.25, -0.2) is 117 Å². The summed E-state index contributed by atoms with van der Waals surface area (Å²) in [5.41, 5.74) is -1.94. The van der Waals surface area contributed by atoms with Crippen molar-refractivity contribution in [1.29, 1.82) is 0 Å². The summed E-state index contributed by atoms with van der Waals surface area (Å²) in [5.74, 6) is 0. The van der Waals surface area contributed by atoms with Crippen molar-refractivity contribution in [2.24, 2.45) is 16.2 Å². The molecule has 0 heterocycles. The Bertz CT molecular complexity index is 804. The van der Waals surface area contributed by atoms with E-state index in [-0.39, 0.29) is 131 Å². The van der Waals surface area contributed by atoms with Crippen LogP contribution in [0.1, 0.15) is 77.0 Å². The minimum atomic E-state index is -0.931. The third-order valence-corrected chi connectivity index (χ3v) is 11.0. The monoisotopic (exact) mass is 1110 g/mol. The van der Waals surface area contributed by atoms with Crippen LogP contribution in [-0.4, -0.2) is 183 Å². The van der Waals surface area contributed by atoms with Gasteiger partial charge in [0.05, 0.1) is 165 Å². The molecule has 27 nitrogen and oxygen atoms in total. The largest absolute Gasteiger partial charge is 3.00 e. The van der Waals surface area contributed by atoms with Crippen molar-refractivity contribution in [3.63, 3.8) is 0 Å². The van der Waals surface area contributed by atoms with Gasteiger partial charge in [-0.15, -0.1) is 18.3 Å². The SMILES string of the molecule is COOCCC([O-])C(CCOOC)(CCOOC)CCOOC.COOCCC([O-])C(CCOOC)(CCOOC)CCOOC.COOCCC([O-])C(CCOOC)(CCOOC)CCOOC.[Y+3]. The molecular formula is C42H87O27Y. The second-order valence-electron chi connectivity index (χ2n) is 14.5. The molecule has 0 amide bonds. The summed E-state index contributed by atoms with van der Waals surface area (Å²) in [7, 11) is 17.0. The molecule has 0 N–H and O–H groups in total. The number of hydrogen-bond acceptors (Lipinski definition) is 27. The molecule has 0 aromatic rings. The van der Waals surface area contributed by atoms with Crippen LogP contribution < -0.4 is 15.3 Å². The average molecular weight is 1110 g/mol. The Morgan fingerprint density at radius 2 is 0.343 bits per heavy atom. The molecule has 420 valence electrons. The molecule has 28 heteroatoms. The first kappa shape index (κ1) is 76.5. The van der Waals surface area contributed by atoms with Crippen molar-refractivity contribution in [1.82, 2.24) is 0 Å². The Morgan fingerprint density at radius 1 is 0.229 bits per heavy atom. The van der Waals surface area contributed by atoms with Crippen molar-refractivity contribution in [3.8, 4) is 0 Å². The molecule has 0 aromatic carbocycles. The topological polar surface area (TPSA) is 291 Å². The summed E-state index contributed by atoms with van der Waals surface area (Å²) in [6.07, 6.45) is 2.31. The molecule has 0 spiro atoms. The maximum atomic E-state index is 12.8. The van der Waals surface area contributed by atoms with Gasteiger partial charge in [-0.2, -0.15) is 0 Å². The zero-order valence-electron chi connectivity index (χ0n) is 43.8. The van der Waals surface area contributed by atoms with Gasteiger partial charge in [-0.05, 0) is 93.3 Å². The molecule has 70 heavy (non-hydrogen) atoms. The Hall–Kier alpha value is 0.0239. The van der Waals surface area contributed by atoms with Crippen LogP contribution in [-0.2, 0) is 150 Å². The van der Waals surface area contributed by atoms with Gasteiger partial charge >= 0.3 is 32.7 Å². The van der Waals surface area contributed by atoms with Crippen molar-refractivity contribution >= 4 is 0 Å². The van der Waals surface area contributed by atoms with E-state index in [9.17, 15) is 15.3 Å². The fourth-order valence-electron chi connectivity index (χ4n) is 7.16. The minimum Gasteiger partial charge on any atom is -0.851 e. The van der Waals surface area contributed by atoms with Gasteiger partial charge in [0, 0.05) is 0 Å². The molecule has 0 radical (unpaired) electrons. The molecule has 3 atom stereocenters. The third-order valence-electron chi connectivity index (χ3n) is 11.0. The van der Waals surface area contributed by atoms with Gasteiger partial charge in [0.2, 0.25) is 0 Å². The van der Waals surface area contributed by atoms with Crippen LogP contribution >= 0.6 is 0 Å². The zero-order valence-corrected chi connectivity index (χ0v) is 46.6. The van der Waals surface area contributed by atoms with Gasteiger partial charge in [-0.3, -0.25) is 0 Å². The van der Waals surface area contributed by atoms with Gasteiger partial charge in [0.1, 0.15) is 0 Å². The van der Waals surface area contributed by atoms with Crippen LogP contribution in [0.4, 0.5) is 0 Å². The molecular weight excluding hydrogens is 1030 g/mol. The molecule has 3 unspecified atom stereocenters. The molecule has 0 aliphatic carbocycles. The van der Waals surface area contributed by atoms with Gasteiger partial charge < -0.3 is 15.3 Å². The predicted molar refractivity (Wildman–Crippen MR) is 230 cm³/mol. The summed E-state index contributed by atoms with van der Waals surface area (Å²) in [6, 6.07) is 0. The summed E-state index contributed by atoms with van der Waals surface area (Å²) < 4.78 is 0. The van der Waals surface area contributed by atoms with E-state index in [2.05, 4.69) is 58.7 Å². The van der Waals surface area contributed by atoms with E-state index >= 15 is 0 Å². The first-order valence-corrected chi connectivity index (χ1v) is 22.3. The quantitative estimate of drug-likeness (QED) is 0.0476. The Kier molecular flexibility index (Phi) is 62.0. The molecule has 0 fully saturated rings. The first-order chi connectivity index (χ1) is 33.5. The molecule has 0 rings (SSSR count). The summed E-state index contributed by atoms with van der Waals surface area (Å²) in [6.45, 7) is 3.11. The Morgan fingerprint density at radius 3 is 0.457 bits per heavy atom. The van der Waals surface area contributed by atoms with Crippen LogP contribution in [0.5, 0.6) is 0 Å². The second kappa shape index (κ2) is 56.7. The van der Waals surface area contributed by atoms with E-state index in [0.29, 0.717) is 57.8 Å². The van der Waals surface area contributed by atoms with Crippen LogP contribution in [0.25, 0.3) is 0 Å². The second-order valence-corrected chi connectivity index (χ2v) is 14.5. The first-order valence-electron chi connectivity index (χ1n) is 22.3. The normalized spacial score (nSPS) is 13.2. The van der Waals surface area contributed by atoms with Gasteiger partial charge in [-0.1, -0.05) is 0 Å². The van der Waals surface area contributed by atoms with Gasteiger partial charge in [0.15, 0.2) is 0 Å². The van der Waals surface area contributed by atoms with E-state index in [1.807, 2.05) is 0 Å². The molecule has 0 aliphatic rings. The fraction of sp³-hybridized carbons (Fsp3) is 1.00. The molecule has 0 aromatic heterocycles. The van der Waals surface area contributed by atoms with Crippen molar-refractivity contribution in [3.05, 3.63) is 0 Å². The third kappa shape index (κ3) is 40.4. The molecule has 0 bridgehead atoms. The summed E-state index contributed by atoms with van der Waals surface area (Å²) in [4.78, 5) is 114. The van der Waals surface area contributed by atoms with E-state index in [1.54, 1.807) is 0 Å². The predicted octanol–water partition coefficient (Wildman–Crippen LogP) is 1.72. The van der Waals surface area contributed by atoms with Crippen molar-refractivity contribution < 1.29 is 165 Å². The average Bonchev–Trinajstić information content (AvgIpc) is 3.34. The fourth-order valence-corrected chi connectivity index (χ4v) is 7.16. The standard InChI is InChI=1S/3C14H29O9.Y/c3*1-16-20-9-5-13(15)14(6-10-21-17-2,7-11-22-18-3)8-12-23-19-4;/h3*13H,5-12H2,1-4H3;/q3*-1;+3. The van der Waals surface area contributed by atoms with E-state index in [4.69, 9.17) is 58.7 Å². The minimum absolute atomic E-state index is 0. The van der Waals surface area contributed by atoms with Crippen LogP contribution in [0, 0.1) is 16.2 Å². The van der Waals surface area contributed by atoms with Crippen molar-refractivity contribution in [2.45, 2.75) is 95.4 Å². The zero-order chi connectivity index (χ0) is 52.2. The molecule has 0 saturated heterocycles. The maximum Gasteiger partial charge on any atom is 3.00 e. The van der Waals surface area contributed by atoms with Crippen LogP contribution in [0.2, 0.25) is 0 Å². The van der Waals surface area contributed by atoms with Crippen LogP contribution in [0.3, 0.4) is 0 Å². The molecule has 0 aliphatic heterocycles. The summed E-state index contributed by atoms with van der Waals surface area (Å²) in [5, 5.41) is 38.3. The van der Waals surface area contributed by atoms with Crippen molar-refractivity contribution in [2.75, 3.05) is 165 Å². The number of rotatable bonds is 51. The van der Waals surface area contributed by atoms with Crippen LogP contribution in [0.15, 0.2) is 0 Å². The number of hydrogen-bond donors (Lipinski definition) is 0. The van der Waals surface area contributed by atoms with E-state index in [1.165, 1.54) is 85.3 Å².